The minimum absolute atomic E-state index is 0.0732. The first-order valence-corrected chi connectivity index (χ1v) is 12.7. The molecule has 13 nitrogen and oxygen atoms in total. The van der Waals surface area contributed by atoms with Crippen LogP contribution in [-0.2, 0) is 13.8 Å². The van der Waals surface area contributed by atoms with Gasteiger partial charge in [-0.25, -0.2) is 0 Å². The zero-order valence-corrected chi connectivity index (χ0v) is 18.3. The summed E-state index contributed by atoms with van der Waals surface area (Å²) in [5.41, 5.74) is 11.0. The fraction of sp³-hybridized carbons (Fsp3) is 0.688. The number of aromatic nitrogens is 4. The Morgan fingerprint density at radius 3 is 2.87 bits per heavy atom. The van der Waals surface area contributed by atoms with Gasteiger partial charge in [-0.1, -0.05) is 0 Å². The molecule has 2 saturated heterocycles. The van der Waals surface area contributed by atoms with Crippen LogP contribution in [0.2, 0.25) is 0 Å². The summed E-state index contributed by atoms with van der Waals surface area (Å²) in [6, 6.07) is 0. The molecule has 0 aliphatic carbocycles. The van der Waals surface area contributed by atoms with Crippen LogP contribution < -0.4 is 22.3 Å². The number of nitrogens with one attached hydrogen (secondary N) is 2. The second-order valence-electron chi connectivity index (χ2n) is 7.91. The summed E-state index contributed by atoms with van der Waals surface area (Å²) >= 11 is 0. The third-order valence-electron chi connectivity index (χ3n) is 5.42. The van der Waals surface area contributed by atoms with Gasteiger partial charge in [-0.2, -0.15) is 0 Å². The average molecular weight is 457 g/mol. The first-order valence-electron chi connectivity index (χ1n) is 10.4. The number of fused-ring (bicyclic) bond motifs is 2. The van der Waals surface area contributed by atoms with Crippen LogP contribution in [-0.4, -0.2) is 75.1 Å². The van der Waals surface area contributed by atoms with E-state index in [4.69, 9.17) is 25.3 Å². The van der Waals surface area contributed by atoms with Crippen molar-refractivity contribution >= 4 is 38.4 Å². The molecular weight excluding hydrogens is 428 g/mol. The molecule has 2 aliphatic heterocycles. The predicted molar refractivity (Wildman–Crippen MR) is 118 cm³/mol. The standard InChI is InChI=1S/C16H29BN7O6P/c17-31(27)28-7-8-11(30-31)10(25)14(29-8)24-12-9(13(26)23-15(19)22-12)21-16(24)20-6-4-2-1-3-5-18/h8,10-11,14,25,27,31H,1-7,17-18H2,(H,20,21)(H3,19,22,23,26)/t8-,10+,11+,14-/m1/s1. The SMILES string of the molecule is B[PH]1(O)OC[C@H]2O[C@@H](n3c(NCCCCCCN)nc4c(=O)[nH]c(N)nc43)[C@@H](O)[C@H]2O1. The molecule has 0 amide bonds. The third-order valence-corrected chi connectivity index (χ3v) is 6.83. The van der Waals surface area contributed by atoms with Gasteiger partial charge in [0.05, 0.1) is 0 Å². The Hall–Kier alpha value is -1.80. The maximum absolute atomic E-state index is 12.4. The summed E-state index contributed by atoms with van der Waals surface area (Å²) < 4.78 is 18.5. The van der Waals surface area contributed by atoms with Gasteiger partial charge in [0.25, 0.3) is 0 Å². The second kappa shape index (κ2) is 8.98. The van der Waals surface area contributed by atoms with Gasteiger partial charge in [0, 0.05) is 0 Å². The number of rotatable bonds is 8. The van der Waals surface area contributed by atoms with Crippen molar-refractivity contribution in [1.82, 2.24) is 19.5 Å². The van der Waals surface area contributed by atoms with Crippen LogP contribution in [0, 0.1) is 0 Å². The van der Waals surface area contributed by atoms with Crippen molar-refractivity contribution in [2.75, 3.05) is 30.7 Å². The maximum atomic E-state index is 12.4. The number of nitrogens with two attached hydrogens (primary N) is 2. The molecule has 2 aromatic heterocycles. The van der Waals surface area contributed by atoms with Gasteiger partial charge in [0.15, 0.2) is 0 Å². The molecule has 4 rings (SSSR count). The van der Waals surface area contributed by atoms with Gasteiger partial charge in [0.2, 0.25) is 0 Å². The van der Waals surface area contributed by atoms with E-state index in [9.17, 15) is 14.8 Å². The van der Waals surface area contributed by atoms with Crippen LogP contribution in [0.4, 0.5) is 11.9 Å². The molecule has 4 heterocycles. The summed E-state index contributed by atoms with van der Waals surface area (Å²) in [5, 5.41) is 14.2. The van der Waals surface area contributed by atoms with Crippen LogP contribution in [0.3, 0.4) is 0 Å². The quantitative estimate of drug-likeness (QED) is 0.151. The second-order valence-corrected chi connectivity index (χ2v) is 10.2. The topological polar surface area (TPSA) is 196 Å². The zero-order valence-electron chi connectivity index (χ0n) is 17.3. The van der Waals surface area contributed by atoms with Gasteiger partial charge in [-0.15, -0.1) is 0 Å². The van der Waals surface area contributed by atoms with Gasteiger partial charge < -0.3 is 5.73 Å². The van der Waals surface area contributed by atoms with Gasteiger partial charge in [0.1, 0.15) is 0 Å². The number of nitrogen functional groups attached to an aromatic ring is 1. The number of unbranched alkanes of at least 4 members (excludes halogenated alkanes) is 3. The van der Waals surface area contributed by atoms with E-state index in [1.54, 1.807) is 0 Å². The molecule has 8 N–H and O–H groups in total. The Bertz CT molecular complexity index is 987. The number of aliphatic hydroxyl groups excluding tert-OH is 1. The number of hydrogen-bond donors (Lipinski definition) is 6. The predicted octanol–water partition coefficient (Wildman–Crippen LogP) is -1.66. The number of nitrogens with zero attached hydrogens (tertiary/aromatic N) is 3. The normalized spacial score (nSPS) is 28.5. The van der Waals surface area contributed by atoms with Crippen molar-refractivity contribution in [1.29, 1.82) is 0 Å². The minimum atomic E-state index is -3.33. The molecule has 2 fully saturated rings. The van der Waals surface area contributed by atoms with Crippen LogP contribution in [0.15, 0.2) is 4.79 Å². The number of anilines is 2. The molecule has 172 valence electrons. The van der Waals surface area contributed by atoms with Crippen molar-refractivity contribution in [3.8, 4) is 0 Å². The van der Waals surface area contributed by atoms with Crippen molar-refractivity contribution in [2.24, 2.45) is 5.73 Å². The third kappa shape index (κ3) is 4.56. The Balaban J connectivity index is 1.63. The molecule has 0 radical (unpaired) electrons. The number of ether oxygens (including phenoxy) is 1. The first kappa shape index (κ1) is 22.4. The van der Waals surface area contributed by atoms with Gasteiger partial charge >= 0.3 is 167 Å². The number of aliphatic hydroxyl groups is 1. The van der Waals surface area contributed by atoms with E-state index in [2.05, 4.69) is 20.3 Å². The monoisotopic (exact) mass is 457 g/mol. The molecule has 4 atom stereocenters. The summed E-state index contributed by atoms with van der Waals surface area (Å²) in [5.74, 6) is 0.247. The molecule has 0 unspecified atom stereocenters. The van der Waals surface area contributed by atoms with Crippen molar-refractivity contribution in [3.05, 3.63) is 10.4 Å². The molecular formula is C16H29BN7O6P. The van der Waals surface area contributed by atoms with Crippen LogP contribution in [0.25, 0.3) is 11.2 Å². The van der Waals surface area contributed by atoms with E-state index in [-0.39, 0.29) is 23.7 Å². The molecule has 0 aromatic carbocycles. The Labute approximate surface area is 179 Å². The van der Waals surface area contributed by atoms with E-state index < -0.39 is 37.9 Å². The molecule has 2 aliphatic rings. The van der Waals surface area contributed by atoms with Crippen molar-refractivity contribution in [2.45, 2.75) is 50.2 Å². The number of imidazole rings is 1. The summed E-state index contributed by atoms with van der Waals surface area (Å²) in [4.78, 5) is 33.6. The van der Waals surface area contributed by atoms with E-state index >= 15 is 0 Å². The van der Waals surface area contributed by atoms with Gasteiger partial charge in [-0.3, -0.25) is 0 Å². The van der Waals surface area contributed by atoms with E-state index in [1.807, 2.05) is 0 Å². The zero-order chi connectivity index (χ0) is 22.2. The molecule has 31 heavy (non-hydrogen) atoms. The Kier molecular flexibility index (Phi) is 6.49. The van der Waals surface area contributed by atoms with Crippen molar-refractivity contribution < 1.29 is 23.8 Å². The number of H-pyrrole nitrogens is 1. The Morgan fingerprint density at radius 2 is 2.10 bits per heavy atom. The molecule has 0 spiro atoms. The number of hydrogen-bond acceptors (Lipinski definition) is 11. The summed E-state index contributed by atoms with van der Waals surface area (Å²) in [7, 11) is -1.85. The van der Waals surface area contributed by atoms with Gasteiger partial charge in [-0.05, 0) is 6.54 Å². The molecule has 0 bridgehead atoms. The Morgan fingerprint density at radius 1 is 1.32 bits per heavy atom. The molecule has 15 heteroatoms. The van der Waals surface area contributed by atoms with Crippen LogP contribution in [0.5, 0.6) is 0 Å². The van der Waals surface area contributed by atoms with Crippen molar-refractivity contribution in [3.63, 3.8) is 0 Å². The van der Waals surface area contributed by atoms with E-state index in [0.29, 0.717) is 19.0 Å². The van der Waals surface area contributed by atoms with E-state index in [0.717, 1.165) is 25.7 Å². The summed E-state index contributed by atoms with van der Waals surface area (Å²) in [6.45, 7) is 1.35. The average Bonchev–Trinajstić information content (AvgIpc) is 3.21. The molecule has 2 aromatic rings. The van der Waals surface area contributed by atoms with Crippen LogP contribution >= 0.6 is 7.82 Å². The fourth-order valence-corrected chi connectivity index (χ4v) is 5.26. The number of aromatic amines is 1. The van der Waals surface area contributed by atoms with E-state index in [1.165, 1.54) is 12.1 Å². The molecule has 0 saturated carbocycles. The first-order chi connectivity index (χ1) is 14.8. The fourth-order valence-electron chi connectivity index (χ4n) is 3.93. The van der Waals surface area contributed by atoms with Crippen LogP contribution in [0.1, 0.15) is 31.9 Å². The summed E-state index contributed by atoms with van der Waals surface area (Å²) in [6.07, 6.45) is 0.402.